The summed E-state index contributed by atoms with van der Waals surface area (Å²) in [5, 5.41) is 2.08. The Morgan fingerprint density at radius 3 is 2.15 bits per heavy atom. The summed E-state index contributed by atoms with van der Waals surface area (Å²) in [4.78, 5) is 39.0. The molecule has 0 aromatic heterocycles. The second-order valence-corrected chi connectivity index (χ2v) is 8.77. The number of rotatable bonds is 8. The second-order valence-electron chi connectivity index (χ2n) is 8.77. The van der Waals surface area contributed by atoms with Crippen molar-refractivity contribution < 1.29 is 28.6 Å². The third kappa shape index (κ3) is 4.53. The number of ether oxygens (including phenoxy) is 3. The highest BCUT2D eigenvalue weighted by molar-refractivity contribution is 6.01. The minimum atomic E-state index is -1.56. The van der Waals surface area contributed by atoms with Gasteiger partial charge in [0.05, 0.1) is 20.1 Å². The summed E-state index contributed by atoms with van der Waals surface area (Å²) in [6.07, 6.45) is 0.836. The highest BCUT2D eigenvalue weighted by Crippen LogP contribution is 2.49. The minimum absolute atomic E-state index is 0.0449. The van der Waals surface area contributed by atoms with Gasteiger partial charge in [-0.25, -0.2) is 0 Å². The Kier molecular flexibility index (Phi) is 6.96. The van der Waals surface area contributed by atoms with Gasteiger partial charge in [-0.1, -0.05) is 72.8 Å². The molecule has 0 N–H and O–H groups in total. The van der Waals surface area contributed by atoms with Gasteiger partial charge in [-0.05, 0) is 47.1 Å². The van der Waals surface area contributed by atoms with Gasteiger partial charge in [0.1, 0.15) is 6.61 Å². The first-order valence-electron chi connectivity index (χ1n) is 11.3. The molecule has 0 bridgehead atoms. The highest BCUT2D eigenvalue weighted by atomic mass is 16.6. The summed E-state index contributed by atoms with van der Waals surface area (Å²) < 4.78 is 15.7. The van der Waals surface area contributed by atoms with Crippen molar-refractivity contribution in [3.8, 4) is 0 Å². The predicted octanol–water partition coefficient (Wildman–Crippen LogP) is 4.48. The number of esters is 3. The van der Waals surface area contributed by atoms with Crippen LogP contribution < -0.4 is 0 Å². The number of fused-ring (bicyclic) bond motifs is 1. The zero-order valence-electron chi connectivity index (χ0n) is 19.4. The molecule has 0 spiro atoms. The average molecular weight is 461 g/mol. The fourth-order valence-electron chi connectivity index (χ4n) is 4.79. The first-order valence-corrected chi connectivity index (χ1v) is 11.3. The maximum atomic E-state index is 13.6. The lowest BCUT2D eigenvalue weighted by atomic mass is 9.58. The van der Waals surface area contributed by atoms with Crippen LogP contribution >= 0.6 is 0 Å². The number of hydrogen-bond acceptors (Lipinski definition) is 6. The molecule has 34 heavy (non-hydrogen) atoms. The zero-order chi connectivity index (χ0) is 24.1. The van der Waals surface area contributed by atoms with Gasteiger partial charge in [0.25, 0.3) is 0 Å². The van der Waals surface area contributed by atoms with Crippen LogP contribution in [0.5, 0.6) is 0 Å². The summed E-state index contributed by atoms with van der Waals surface area (Å²) in [6, 6.07) is 23.1. The van der Waals surface area contributed by atoms with Gasteiger partial charge >= 0.3 is 17.9 Å². The van der Waals surface area contributed by atoms with E-state index in [9.17, 15) is 14.4 Å². The SMILES string of the molecule is COC(=O)C(Cc1ccc2ccccc2c1)(C(=O)OCc1ccccc1)[C@H]1C[C@@H](C(=O)OC)C1. The largest absolute Gasteiger partial charge is 0.469 e. The Morgan fingerprint density at radius 2 is 1.47 bits per heavy atom. The van der Waals surface area contributed by atoms with E-state index in [0.29, 0.717) is 12.8 Å². The van der Waals surface area contributed by atoms with E-state index in [1.54, 1.807) is 0 Å². The number of carbonyl (C=O) groups is 3. The number of methoxy groups -OCH3 is 2. The molecule has 0 saturated heterocycles. The van der Waals surface area contributed by atoms with Gasteiger partial charge in [-0.15, -0.1) is 0 Å². The molecule has 1 aliphatic carbocycles. The van der Waals surface area contributed by atoms with Crippen LogP contribution in [-0.2, 0) is 41.6 Å². The molecule has 1 unspecified atom stereocenters. The first kappa shape index (κ1) is 23.5. The molecule has 1 aliphatic rings. The smallest absolute Gasteiger partial charge is 0.324 e. The van der Waals surface area contributed by atoms with Crippen LogP contribution in [0.25, 0.3) is 10.8 Å². The van der Waals surface area contributed by atoms with Crippen molar-refractivity contribution in [2.24, 2.45) is 17.3 Å². The number of carbonyl (C=O) groups excluding carboxylic acids is 3. The van der Waals surface area contributed by atoms with E-state index in [-0.39, 0.29) is 24.9 Å². The van der Waals surface area contributed by atoms with Crippen LogP contribution in [0.3, 0.4) is 0 Å². The molecule has 0 radical (unpaired) electrons. The van der Waals surface area contributed by atoms with Crippen molar-refractivity contribution in [3.05, 3.63) is 83.9 Å². The lowest BCUT2D eigenvalue weighted by Gasteiger charge is -2.44. The fourth-order valence-corrected chi connectivity index (χ4v) is 4.79. The molecule has 0 heterocycles. The summed E-state index contributed by atoms with van der Waals surface area (Å²) >= 11 is 0. The maximum Gasteiger partial charge on any atom is 0.324 e. The standard InChI is InChI=1S/C28H28O6/c1-32-25(29)23-15-24(16-23)28(26(30)33-2,27(31)34-18-19-8-4-3-5-9-19)17-20-12-13-21-10-6-7-11-22(21)14-20/h3-14,23-24H,15-18H2,1-2H3/t23-,24+,28?. The maximum absolute atomic E-state index is 13.6. The van der Waals surface area contributed by atoms with E-state index >= 15 is 0 Å². The Hall–Kier alpha value is -3.67. The van der Waals surface area contributed by atoms with E-state index < -0.39 is 23.3 Å². The highest BCUT2D eigenvalue weighted by Gasteiger charge is 2.59. The fraction of sp³-hybridized carbons (Fsp3) is 0.321. The van der Waals surface area contributed by atoms with Gasteiger partial charge in [-0.2, -0.15) is 0 Å². The van der Waals surface area contributed by atoms with E-state index in [4.69, 9.17) is 14.2 Å². The van der Waals surface area contributed by atoms with Crippen LogP contribution in [-0.4, -0.2) is 32.1 Å². The minimum Gasteiger partial charge on any atom is -0.469 e. The van der Waals surface area contributed by atoms with Crippen molar-refractivity contribution in [2.75, 3.05) is 14.2 Å². The molecule has 3 aromatic carbocycles. The van der Waals surface area contributed by atoms with Gasteiger partial charge in [0.15, 0.2) is 5.41 Å². The molecular formula is C28H28O6. The molecule has 6 heteroatoms. The lowest BCUT2D eigenvalue weighted by Crippen LogP contribution is -2.54. The Labute approximate surface area is 198 Å². The van der Waals surface area contributed by atoms with Crippen LogP contribution in [0.4, 0.5) is 0 Å². The van der Waals surface area contributed by atoms with Crippen LogP contribution in [0.1, 0.15) is 24.0 Å². The van der Waals surface area contributed by atoms with E-state index in [1.807, 2.05) is 72.8 Å². The molecule has 1 saturated carbocycles. The Bertz CT molecular complexity index is 1180. The van der Waals surface area contributed by atoms with Crippen molar-refractivity contribution in [3.63, 3.8) is 0 Å². The number of hydrogen-bond donors (Lipinski definition) is 0. The summed E-state index contributed by atoms with van der Waals surface area (Å²) in [6.45, 7) is 0.0449. The second kappa shape index (κ2) is 10.1. The molecule has 176 valence electrons. The normalized spacial score (nSPS) is 18.9. The van der Waals surface area contributed by atoms with E-state index in [0.717, 1.165) is 21.9 Å². The third-order valence-electron chi connectivity index (χ3n) is 6.79. The molecular weight excluding hydrogens is 432 g/mol. The molecule has 0 amide bonds. The van der Waals surface area contributed by atoms with E-state index in [1.165, 1.54) is 14.2 Å². The summed E-state index contributed by atoms with van der Waals surface area (Å²) in [7, 11) is 2.62. The summed E-state index contributed by atoms with van der Waals surface area (Å²) in [5.74, 6) is -2.37. The zero-order valence-corrected chi connectivity index (χ0v) is 19.4. The number of benzene rings is 3. The predicted molar refractivity (Wildman–Crippen MR) is 127 cm³/mol. The van der Waals surface area contributed by atoms with Crippen LogP contribution in [0.15, 0.2) is 72.8 Å². The average Bonchev–Trinajstić information content (AvgIpc) is 2.85. The van der Waals surface area contributed by atoms with Gasteiger partial charge in [0.2, 0.25) is 0 Å². The van der Waals surface area contributed by atoms with Gasteiger partial charge in [0, 0.05) is 0 Å². The molecule has 4 rings (SSSR count). The summed E-state index contributed by atoms with van der Waals surface area (Å²) in [5.41, 5.74) is 0.0832. The lowest BCUT2D eigenvalue weighted by molar-refractivity contribution is -0.184. The Morgan fingerprint density at radius 1 is 0.794 bits per heavy atom. The molecule has 1 fully saturated rings. The monoisotopic (exact) mass is 460 g/mol. The van der Waals surface area contributed by atoms with Crippen LogP contribution in [0.2, 0.25) is 0 Å². The van der Waals surface area contributed by atoms with E-state index in [2.05, 4.69) is 0 Å². The molecule has 6 nitrogen and oxygen atoms in total. The third-order valence-corrected chi connectivity index (χ3v) is 6.79. The first-order chi connectivity index (χ1) is 16.5. The van der Waals surface area contributed by atoms with Gasteiger partial charge in [-0.3, -0.25) is 14.4 Å². The Balaban J connectivity index is 1.68. The molecule has 1 atom stereocenters. The van der Waals surface area contributed by atoms with Crippen molar-refractivity contribution in [2.45, 2.75) is 25.9 Å². The quantitative estimate of drug-likeness (QED) is 0.280. The van der Waals surface area contributed by atoms with Gasteiger partial charge < -0.3 is 14.2 Å². The molecule has 3 aromatic rings. The van der Waals surface area contributed by atoms with Crippen LogP contribution in [0, 0.1) is 17.3 Å². The van der Waals surface area contributed by atoms with Crippen molar-refractivity contribution in [1.82, 2.24) is 0 Å². The topological polar surface area (TPSA) is 78.9 Å². The van der Waals surface area contributed by atoms with Crippen molar-refractivity contribution in [1.29, 1.82) is 0 Å². The van der Waals surface area contributed by atoms with Crippen molar-refractivity contribution >= 4 is 28.7 Å². The molecule has 0 aliphatic heterocycles.